The van der Waals surface area contributed by atoms with Crippen LogP contribution < -0.4 is 24.8 Å². The van der Waals surface area contributed by atoms with Crippen molar-refractivity contribution in [3.8, 4) is 0 Å². The van der Waals surface area contributed by atoms with E-state index >= 15 is 0 Å². The summed E-state index contributed by atoms with van der Waals surface area (Å²) >= 11 is 10.1. The minimum absolute atomic E-state index is 0. The van der Waals surface area contributed by atoms with Crippen LogP contribution in [0.3, 0.4) is 0 Å². The van der Waals surface area contributed by atoms with E-state index in [0.717, 1.165) is 0 Å². The first kappa shape index (κ1) is 23.3. The molecule has 0 aromatic rings. The molecule has 0 heterocycles. The molecule has 0 saturated heterocycles. The Bertz CT molecular complexity index is 11.7. The molecule has 0 fully saturated rings. The average Bonchev–Trinajstić information content (AvgIpc) is 1.37. The van der Waals surface area contributed by atoms with Crippen molar-refractivity contribution in [1.29, 1.82) is 0 Å². The summed E-state index contributed by atoms with van der Waals surface area (Å²) < 4.78 is 0. The van der Waals surface area contributed by atoms with Crippen LogP contribution in [0.1, 0.15) is 0 Å². The Hall–Kier alpha value is 1.78. The van der Waals surface area contributed by atoms with Gasteiger partial charge < -0.3 is 24.8 Å². The predicted molar refractivity (Wildman–Crippen MR) is 21.4 cm³/mol. The molecule has 0 nitrogen and oxygen atoms in total. The van der Waals surface area contributed by atoms with Crippen molar-refractivity contribution >= 4 is 23.2 Å². The summed E-state index contributed by atoms with van der Waals surface area (Å²) in [4.78, 5) is 0. The minimum Gasteiger partial charge on any atom is -1.00 e. The van der Waals surface area contributed by atoms with Gasteiger partial charge in [0.2, 0.25) is 0 Å². The second-order valence-corrected chi connectivity index (χ2v) is 1.13. The summed E-state index contributed by atoms with van der Waals surface area (Å²) in [5.41, 5.74) is 0. The number of alkyl halides is 2. The normalized spacial score (nSPS) is 4.29. The van der Waals surface area contributed by atoms with E-state index in [9.17, 15) is 0 Å². The molecule has 0 aliphatic rings. The van der Waals surface area contributed by atoms with Crippen molar-refractivity contribution < 1.29 is 44.3 Å². The van der Waals surface area contributed by atoms with Crippen LogP contribution in [0.15, 0.2) is 0 Å². The van der Waals surface area contributed by atoms with Crippen LogP contribution >= 0.6 is 23.2 Å². The number of halogens is 4. The van der Waals surface area contributed by atoms with E-state index in [1.807, 2.05) is 0 Å². The Balaban J connectivity index is -0.0000000150. The Kier molecular flexibility index (Phi) is 83.1. The minimum atomic E-state index is 0. The molecular weight excluding hydrogens is 231 g/mol. The third-order valence-corrected chi connectivity index (χ3v) is 0.643. The molecule has 0 aliphatic heterocycles. The third kappa shape index (κ3) is 33.6. The van der Waals surface area contributed by atoms with Gasteiger partial charge >= 0.3 is 19.5 Å². The molecule has 7 heavy (non-hydrogen) atoms. The molecule has 0 amide bonds. The van der Waals surface area contributed by atoms with Gasteiger partial charge in [0.15, 0.2) is 0 Å². The summed E-state index contributed by atoms with van der Waals surface area (Å²) in [5, 5.41) is 0. The molecule has 0 spiro atoms. The van der Waals surface area contributed by atoms with Gasteiger partial charge in [-0.25, -0.2) is 0 Å². The summed E-state index contributed by atoms with van der Waals surface area (Å²) in [6.07, 6.45) is 0. The molecule has 0 atom stereocenters. The van der Waals surface area contributed by atoms with Crippen molar-refractivity contribution in [1.82, 2.24) is 0 Å². The van der Waals surface area contributed by atoms with E-state index in [1.54, 1.807) is 0 Å². The number of hydrogen-bond donors (Lipinski definition) is 0. The fourth-order valence-corrected chi connectivity index (χ4v) is 0. The zero-order chi connectivity index (χ0) is 3.41. The Labute approximate surface area is 78.9 Å². The van der Waals surface area contributed by atoms with Gasteiger partial charge in [0.25, 0.3) is 0 Å². The molecule has 5 heteroatoms. The quantitative estimate of drug-likeness (QED) is 0.317. The maximum atomic E-state index is 5.05. The first-order valence-corrected chi connectivity index (χ1v) is 2.10. The van der Waals surface area contributed by atoms with Gasteiger partial charge in [0.1, 0.15) is 0 Å². The molecule has 0 rings (SSSR count). The van der Waals surface area contributed by atoms with Gasteiger partial charge in [-0.05, 0) is 0 Å². The molecule has 0 aromatic carbocycles. The molecule has 0 bridgehead atoms. The zero-order valence-corrected chi connectivity index (χ0v) is 9.62. The van der Waals surface area contributed by atoms with Crippen molar-refractivity contribution in [2.75, 3.05) is 11.8 Å². The average molecular weight is 235 g/mol. The summed E-state index contributed by atoms with van der Waals surface area (Å²) in [6, 6.07) is 0. The zero-order valence-electron chi connectivity index (χ0n) is 3.63. The second kappa shape index (κ2) is 25.0. The van der Waals surface area contributed by atoms with Gasteiger partial charge in [-0.2, -0.15) is 0 Å². The van der Waals surface area contributed by atoms with E-state index in [-0.39, 0.29) is 44.3 Å². The van der Waals surface area contributed by atoms with Gasteiger partial charge in [0, 0.05) is 11.8 Å². The molecule has 0 N–H and O–H groups in total. The monoisotopic (exact) mass is 232 g/mol. The smallest absolute Gasteiger partial charge is 1.00 e. The van der Waals surface area contributed by atoms with Crippen molar-refractivity contribution in [3.63, 3.8) is 0 Å². The van der Waals surface area contributed by atoms with Crippen LogP contribution in [-0.2, 0) is 19.5 Å². The first-order chi connectivity index (χ1) is 1.91. The Morgan fingerprint density at radius 3 is 1.00 bits per heavy atom. The topological polar surface area (TPSA) is 0 Å². The Morgan fingerprint density at radius 2 is 1.00 bits per heavy atom. The molecule has 0 saturated carbocycles. The van der Waals surface area contributed by atoms with Crippen LogP contribution in [0.2, 0.25) is 0 Å². The molecular formula is C2H4Cl4Zn. The van der Waals surface area contributed by atoms with Crippen molar-refractivity contribution in [2.45, 2.75) is 0 Å². The van der Waals surface area contributed by atoms with Gasteiger partial charge in [-0.15, -0.1) is 23.2 Å². The van der Waals surface area contributed by atoms with Crippen LogP contribution in [0, 0.1) is 0 Å². The van der Waals surface area contributed by atoms with Gasteiger partial charge in [-0.3, -0.25) is 0 Å². The van der Waals surface area contributed by atoms with E-state index in [0.29, 0.717) is 11.8 Å². The van der Waals surface area contributed by atoms with Crippen LogP contribution in [-0.4, -0.2) is 11.8 Å². The molecule has 0 aromatic heterocycles. The van der Waals surface area contributed by atoms with E-state index in [2.05, 4.69) is 0 Å². The number of hydrogen-bond acceptors (Lipinski definition) is 0. The summed E-state index contributed by atoms with van der Waals surface area (Å²) in [6.45, 7) is 0. The predicted octanol–water partition coefficient (Wildman–Crippen LogP) is -4.53. The maximum Gasteiger partial charge on any atom is 2.00 e. The fourth-order valence-electron chi connectivity index (χ4n) is 0. The first-order valence-electron chi connectivity index (χ1n) is 1.03. The molecule has 0 unspecified atom stereocenters. The fraction of sp³-hybridized carbons (Fsp3) is 1.00. The SMILES string of the molecule is ClCCCl.[Cl-].[Cl-].[Zn+2]. The van der Waals surface area contributed by atoms with E-state index in [4.69, 9.17) is 23.2 Å². The molecule has 0 aliphatic carbocycles. The summed E-state index contributed by atoms with van der Waals surface area (Å²) in [7, 11) is 0. The van der Waals surface area contributed by atoms with Crippen molar-refractivity contribution in [3.05, 3.63) is 0 Å². The third-order valence-electron chi connectivity index (χ3n) is 0.0714. The van der Waals surface area contributed by atoms with Gasteiger partial charge in [-0.1, -0.05) is 0 Å². The molecule has 0 radical (unpaired) electrons. The van der Waals surface area contributed by atoms with E-state index < -0.39 is 0 Å². The van der Waals surface area contributed by atoms with Crippen LogP contribution in [0.5, 0.6) is 0 Å². The molecule has 42 valence electrons. The number of rotatable bonds is 1. The standard InChI is InChI=1S/C2H4Cl2.2ClH.Zn/c3-1-2-4;;;/h1-2H2;2*1H;/q;;;+2/p-2. The maximum absolute atomic E-state index is 5.05. The summed E-state index contributed by atoms with van der Waals surface area (Å²) in [5.74, 6) is 1.11. The van der Waals surface area contributed by atoms with Crippen molar-refractivity contribution in [2.24, 2.45) is 0 Å². The largest absolute Gasteiger partial charge is 2.00 e. The van der Waals surface area contributed by atoms with Crippen LogP contribution in [0.4, 0.5) is 0 Å². The van der Waals surface area contributed by atoms with Gasteiger partial charge in [0.05, 0.1) is 0 Å². The van der Waals surface area contributed by atoms with Crippen LogP contribution in [0.25, 0.3) is 0 Å². The Morgan fingerprint density at radius 1 is 0.857 bits per heavy atom. The second-order valence-electron chi connectivity index (χ2n) is 0.378. The van der Waals surface area contributed by atoms with E-state index in [1.165, 1.54) is 0 Å².